The molecule has 1 aliphatic rings. The zero-order valence-electron chi connectivity index (χ0n) is 16.7. The fourth-order valence-corrected chi connectivity index (χ4v) is 4.24. The molecule has 0 spiro atoms. The van der Waals surface area contributed by atoms with Crippen molar-refractivity contribution in [2.24, 2.45) is 0 Å². The van der Waals surface area contributed by atoms with E-state index in [1.165, 1.54) is 14.0 Å². The molecule has 0 aromatic heterocycles. The lowest BCUT2D eigenvalue weighted by Gasteiger charge is -2.18. The van der Waals surface area contributed by atoms with E-state index in [1.54, 1.807) is 12.1 Å². The molecule has 8 heteroatoms. The summed E-state index contributed by atoms with van der Waals surface area (Å²) < 4.78 is 11.4. The first-order valence-corrected chi connectivity index (χ1v) is 10.7. The van der Waals surface area contributed by atoms with Gasteiger partial charge in [-0.3, -0.25) is 14.5 Å². The molecule has 1 unspecified atom stereocenters. The van der Waals surface area contributed by atoms with Crippen LogP contribution in [0.4, 0.5) is 4.79 Å². The first-order chi connectivity index (χ1) is 14.3. The maximum atomic E-state index is 12.8. The van der Waals surface area contributed by atoms with Crippen LogP contribution in [0.3, 0.4) is 0 Å². The molecule has 2 amide bonds. The number of aryl methyl sites for hydroxylation is 1. The molecule has 156 valence electrons. The maximum Gasteiger partial charge on any atom is 0.328 e. The zero-order chi connectivity index (χ0) is 21.8. The van der Waals surface area contributed by atoms with Gasteiger partial charge in [-0.15, -0.1) is 0 Å². The lowest BCUT2D eigenvalue weighted by Crippen LogP contribution is -2.42. The average molecular weight is 490 g/mol. The van der Waals surface area contributed by atoms with Crippen LogP contribution in [0.5, 0.6) is 5.75 Å². The first kappa shape index (κ1) is 22.1. The van der Waals surface area contributed by atoms with Gasteiger partial charge in [-0.1, -0.05) is 45.8 Å². The van der Waals surface area contributed by atoms with Gasteiger partial charge in [0.15, 0.2) is 0 Å². The predicted octanol–water partition coefficient (Wildman–Crippen LogP) is 4.93. The Morgan fingerprint density at radius 2 is 2.00 bits per heavy atom. The Morgan fingerprint density at radius 1 is 1.23 bits per heavy atom. The largest absolute Gasteiger partial charge is 0.488 e. The third-order valence-electron chi connectivity index (χ3n) is 4.49. The standard InChI is InChI=1S/C22H20BrNO5S/c1-13-5-4-6-15(9-13)12-29-18-8-7-17(23)10-16(18)11-19-20(25)24(22(27)30-19)14(2)21(26)28-3/h4-11,14H,12H2,1-3H3/b19-11+. The second-order valence-electron chi connectivity index (χ2n) is 6.71. The molecule has 1 atom stereocenters. The molecule has 1 aliphatic heterocycles. The van der Waals surface area contributed by atoms with Crippen molar-refractivity contribution in [2.75, 3.05) is 7.11 Å². The van der Waals surface area contributed by atoms with Crippen LogP contribution in [0.1, 0.15) is 23.6 Å². The van der Waals surface area contributed by atoms with Gasteiger partial charge in [0.05, 0.1) is 12.0 Å². The third kappa shape index (κ3) is 4.94. The van der Waals surface area contributed by atoms with Crippen molar-refractivity contribution in [3.63, 3.8) is 0 Å². The molecular weight excluding hydrogens is 470 g/mol. The summed E-state index contributed by atoms with van der Waals surface area (Å²) in [6.07, 6.45) is 1.60. The minimum atomic E-state index is -0.993. The van der Waals surface area contributed by atoms with E-state index >= 15 is 0 Å². The molecule has 0 saturated carbocycles. The molecule has 0 radical (unpaired) electrons. The fourth-order valence-electron chi connectivity index (χ4n) is 2.96. The number of esters is 1. The summed E-state index contributed by atoms with van der Waals surface area (Å²) in [6, 6.07) is 12.5. The molecule has 0 bridgehead atoms. The molecule has 3 rings (SSSR count). The molecule has 0 N–H and O–H groups in total. The summed E-state index contributed by atoms with van der Waals surface area (Å²) in [7, 11) is 1.22. The van der Waals surface area contributed by atoms with Gasteiger partial charge in [-0.25, -0.2) is 4.79 Å². The van der Waals surface area contributed by atoms with E-state index < -0.39 is 23.2 Å². The third-order valence-corrected chi connectivity index (χ3v) is 5.87. The number of carbonyl (C=O) groups excluding carboxylic acids is 3. The van der Waals surface area contributed by atoms with E-state index in [-0.39, 0.29) is 4.91 Å². The highest BCUT2D eigenvalue weighted by molar-refractivity contribution is 9.10. The van der Waals surface area contributed by atoms with Crippen LogP contribution in [-0.4, -0.2) is 35.2 Å². The van der Waals surface area contributed by atoms with Gasteiger partial charge in [0.1, 0.15) is 18.4 Å². The van der Waals surface area contributed by atoms with E-state index in [0.717, 1.165) is 32.3 Å². The van der Waals surface area contributed by atoms with Crippen LogP contribution in [0.2, 0.25) is 0 Å². The highest BCUT2D eigenvalue weighted by Crippen LogP contribution is 2.36. The smallest absolute Gasteiger partial charge is 0.328 e. The number of thioether (sulfide) groups is 1. The first-order valence-electron chi connectivity index (χ1n) is 9.13. The van der Waals surface area contributed by atoms with Crippen molar-refractivity contribution in [3.05, 3.63) is 68.5 Å². The van der Waals surface area contributed by atoms with Crippen LogP contribution >= 0.6 is 27.7 Å². The van der Waals surface area contributed by atoms with Gasteiger partial charge in [-0.2, -0.15) is 0 Å². The molecule has 30 heavy (non-hydrogen) atoms. The molecule has 2 aromatic rings. The summed E-state index contributed by atoms with van der Waals surface area (Å²) in [5, 5.41) is -0.513. The monoisotopic (exact) mass is 489 g/mol. The zero-order valence-corrected chi connectivity index (χ0v) is 19.1. The normalized spacial score (nSPS) is 16.1. The number of nitrogens with zero attached hydrogens (tertiary/aromatic N) is 1. The van der Waals surface area contributed by atoms with E-state index in [2.05, 4.69) is 20.7 Å². The van der Waals surface area contributed by atoms with Gasteiger partial charge in [0.2, 0.25) is 0 Å². The predicted molar refractivity (Wildman–Crippen MR) is 119 cm³/mol. The minimum absolute atomic E-state index is 0.217. The molecular formula is C22H20BrNO5S. The van der Waals surface area contributed by atoms with Gasteiger partial charge < -0.3 is 9.47 Å². The van der Waals surface area contributed by atoms with Crippen molar-refractivity contribution >= 4 is 50.9 Å². The van der Waals surface area contributed by atoms with Crippen molar-refractivity contribution in [2.45, 2.75) is 26.5 Å². The van der Waals surface area contributed by atoms with Crippen LogP contribution in [0.15, 0.2) is 51.8 Å². The Kier molecular flexibility index (Phi) is 6.99. The Labute approximate surface area is 187 Å². The maximum absolute atomic E-state index is 12.8. The second kappa shape index (κ2) is 9.49. The summed E-state index contributed by atoms with van der Waals surface area (Å²) >= 11 is 4.21. The van der Waals surface area contributed by atoms with Gasteiger partial charge in [0.25, 0.3) is 11.1 Å². The van der Waals surface area contributed by atoms with E-state index in [4.69, 9.17) is 4.74 Å². The number of rotatable bonds is 6. The number of hydrogen-bond acceptors (Lipinski definition) is 6. The Morgan fingerprint density at radius 3 is 2.70 bits per heavy atom. The summed E-state index contributed by atoms with van der Waals surface area (Å²) in [6.45, 7) is 3.84. The minimum Gasteiger partial charge on any atom is -0.488 e. The number of carbonyl (C=O) groups is 3. The van der Waals surface area contributed by atoms with Gasteiger partial charge in [-0.05, 0) is 55.4 Å². The van der Waals surface area contributed by atoms with Gasteiger partial charge >= 0.3 is 5.97 Å². The van der Waals surface area contributed by atoms with Crippen molar-refractivity contribution in [3.8, 4) is 5.75 Å². The number of imide groups is 1. The molecule has 0 aliphatic carbocycles. The van der Waals surface area contributed by atoms with Crippen molar-refractivity contribution in [1.82, 2.24) is 4.90 Å². The topological polar surface area (TPSA) is 72.9 Å². The van der Waals surface area contributed by atoms with Crippen LogP contribution < -0.4 is 4.74 Å². The molecule has 1 fully saturated rings. The number of halogens is 1. The quantitative estimate of drug-likeness (QED) is 0.422. The van der Waals surface area contributed by atoms with E-state index in [0.29, 0.717) is 17.9 Å². The number of amides is 2. The fraction of sp³-hybridized carbons (Fsp3) is 0.227. The van der Waals surface area contributed by atoms with E-state index in [9.17, 15) is 14.4 Å². The Bertz CT molecular complexity index is 1040. The second-order valence-corrected chi connectivity index (χ2v) is 8.62. The Hall–Kier alpha value is -2.58. The lowest BCUT2D eigenvalue weighted by molar-refractivity contribution is -0.148. The summed E-state index contributed by atoms with van der Waals surface area (Å²) in [5.41, 5.74) is 2.81. The number of hydrogen-bond donors (Lipinski definition) is 0. The van der Waals surface area contributed by atoms with Crippen LogP contribution in [-0.2, 0) is 20.9 Å². The number of benzene rings is 2. The van der Waals surface area contributed by atoms with Crippen LogP contribution in [0.25, 0.3) is 6.08 Å². The number of methoxy groups -OCH3 is 1. The van der Waals surface area contributed by atoms with Crippen LogP contribution in [0, 0.1) is 6.92 Å². The molecule has 6 nitrogen and oxygen atoms in total. The van der Waals surface area contributed by atoms with Gasteiger partial charge in [0, 0.05) is 10.0 Å². The summed E-state index contributed by atoms with van der Waals surface area (Å²) in [4.78, 5) is 38.0. The number of ether oxygens (including phenoxy) is 2. The average Bonchev–Trinajstić information content (AvgIpc) is 2.99. The van der Waals surface area contributed by atoms with E-state index in [1.807, 2.05) is 43.3 Å². The molecule has 2 aromatic carbocycles. The Balaban J connectivity index is 1.86. The van der Waals surface area contributed by atoms with Crippen molar-refractivity contribution in [1.29, 1.82) is 0 Å². The van der Waals surface area contributed by atoms with Crippen molar-refractivity contribution < 1.29 is 23.9 Å². The highest BCUT2D eigenvalue weighted by Gasteiger charge is 2.41. The molecule has 1 saturated heterocycles. The molecule has 1 heterocycles. The lowest BCUT2D eigenvalue weighted by atomic mass is 10.1. The highest BCUT2D eigenvalue weighted by atomic mass is 79.9. The summed E-state index contributed by atoms with van der Waals surface area (Å²) in [5.74, 6) is -0.608. The SMILES string of the molecule is COC(=O)C(C)N1C(=O)S/C(=C/c2cc(Br)ccc2OCc2cccc(C)c2)C1=O.